The summed E-state index contributed by atoms with van der Waals surface area (Å²) in [6.07, 6.45) is 0. The first-order valence-electron chi connectivity index (χ1n) is 27.2. The number of nitrogens with zero attached hydrogens (tertiary/aromatic N) is 8. The molecule has 0 saturated heterocycles. The van der Waals surface area contributed by atoms with E-state index in [2.05, 4.69) is 171 Å². The number of para-hydroxylation sites is 4. The summed E-state index contributed by atoms with van der Waals surface area (Å²) in [5.74, 6) is 3.74. The molecule has 0 aliphatic carbocycles. The quantitative estimate of drug-likeness (QED) is 0.141. The Kier molecular flexibility index (Phi) is 11.7. The van der Waals surface area contributed by atoms with E-state index in [-0.39, 0.29) is 10.8 Å². The summed E-state index contributed by atoms with van der Waals surface area (Å²) >= 11 is 0. The van der Waals surface area contributed by atoms with Crippen LogP contribution in [0.25, 0.3) is 79.5 Å². The van der Waals surface area contributed by atoms with Crippen LogP contribution in [0, 0.1) is 0 Å². The lowest BCUT2D eigenvalue weighted by molar-refractivity contribution is 0.630. The van der Waals surface area contributed by atoms with Crippen LogP contribution in [-0.4, -0.2) is 29.9 Å². The fourth-order valence-electron chi connectivity index (χ4n) is 11.9. The van der Waals surface area contributed by atoms with Gasteiger partial charge in [-0.1, -0.05) is 222 Å². The zero-order valence-electron chi connectivity index (χ0n) is 44.8. The zero-order valence-corrected chi connectivity index (χ0v) is 44.8. The van der Waals surface area contributed by atoms with Gasteiger partial charge in [0, 0.05) is 66.7 Å². The summed E-state index contributed by atoms with van der Waals surface area (Å²) in [5, 5.41) is 0. The van der Waals surface area contributed by atoms with Gasteiger partial charge >= 0.3 is 0 Å². The lowest BCUT2D eigenvalue weighted by Gasteiger charge is -2.45. The van der Waals surface area contributed by atoms with E-state index in [1.54, 1.807) is 0 Å². The van der Waals surface area contributed by atoms with Crippen molar-refractivity contribution >= 4 is 34.1 Å². The predicted octanol–water partition coefficient (Wildman–Crippen LogP) is 17.9. The average molecular weight is 1030 g/mol. The van der Waals surface area contributed by atoms with Gasteiger partial charge in [0.2, 0.25) is 0 Å². The molecule has 382 valence electrons. The minimum absolute atomic E-state index is 0.336. The Hall–Kier alpha value is -10.2. The van der Waals surface area contributed by atoms with E-state index >= 15 is 0 Å². The fourth-order valence-corrected chi connectivity index (χ4v) is 11.9. The number of hydrogen-bond acceptors (Lipinski definition) is 8. The van der Waals surface area contributed by atoms with E-state index in [0.717, 1.165) is 78.6 Å². The second-order valence-electron chi connectivity index (χ2n) is 21.5. The second-order valence-corrected chi connectivity index (χ2v) is 21.5. The fraction of sp³-hybridized carbons (Fsp3) is 0.0833. The summed E-state index contributed by atoms with van der Waals surface area (Å²) in [6, 6.07) is 89.4. The Labute approximate surface area is 466 Å². The van der Waals surface area contributed by atoms with Crippen molar-refractivity contribution < 1.29 is 0 Å². The summed E-state index contributed by atoms with van der Waals surface area (Å²) in [7, 11) is 0. The Bertz CT molecular complexity index is 3880. The maximum Gasteiger partial charge on any atom is 0.164 e. The normalized spacial score (nSPS) is 13.7. The first kappa shape index (κ1) is 48.2. The minimum atomic E-state index is -0.336. The molecule has 2 aliphatic rings. The molecule has 12 aromatic rings. The van der Waals surface area contributed by atoms with E-state index in [1.807, 2.05) is 121 Å². The molecule has 0 fully saturated rings. The highest BCUT2D eigenvalue weighted by Crippen LogP contribution is 2.59. The molecule has 0 atom stereocenters. The predicted molar refractivity (Wildman–Crippen MR) is 325 cm³/mol. The molecule has 0 radical (unpaired) electrons. The molecule has 10 aromatic carbocycles. The maximum atomic E-state index is 5.09. The molecular formula is C72H54N8. The summed E-state index contributed by atoms with van der Waals surface area (Å²) in [5.41, 5.74) is 18.7. The summed E-state index contributed by atoms with van der Waals surface area (Å²) in [4.78, 5) is 35.2. The minimum Gasteiger partial charge on any atom is -0.309 e. The van der Waals surface area contributed by atoms with Crippen LogP contribution in [0.3, 0.4) is 0 Å². The monoisotopic (exact) mass is 1030 g/mol. The van der Waals surface area contributed by atoms with Gasteiger partial charge in [0.05, 0.1) is 22.7 Å². The van der Waals surface area contributed by atoms with E-state index in [4.69, 9.17) is 29.9 Å². The van der Waals surface area contributed by atoms with Crippen molar-refractivity contribution in [2.24, 2.45) is 0 Å². The Morgan fingerprint density at radius 2 is 0.487 bits per heavy atom. The molecule has 0 N–H and O–H groups in total. The Morgan fingerprint density at radius 1 is 0.237 bits per heavy atom. The zero-order chi connectivity index (χ0) is 54.0. The van der Waals surface area contributed by atoms with Crippen LogP contribution in [0.1, 0.15) is 49.9 Å². The van der Waals surface area contributed by atoms with Crippen molar-refractivity contribution in [2.75, 3.05) is 9.80 Å². The second kappa shape index (κ2) is 19.4. The van der Waals surface area contributed by atoms with Crippen LogP contribution in [0.5, 0.6) is 0 Å². The number of benzene rings is 10. The van der Waals surface area contributed by atoms with Crippen LogP contribution >= 0.6 is 0 Å². The number of rotatable bonds is 9. The highest BCUT2D eigenvalue weighted by Gasteiger charge is 2.42. The molecule has 0 bridgehead atoms. The largest absolute Gasteiger partial charge is 0.309 e. The van der Waals surface area contributed by atoms with Crippen LogP contribution in [0.2, 0.25) is 0 Å². The molecule has 8 heteroatoms. The van der Waals surface area contributed by atoms with Crippen LogP contribution in [-0.2, 0) is 10.8 Å². The molecule has 0 saturated carbocycles. The summed E-state index contributed by atoms with van der Waals surface area (Å²) in [6.45, 7) is 9.43. The van der Waals surface area contributed by atoms with Gasteiger partial charge in [0.25, 0.3) is 0 Å². The van der Waals surface area contributed by atoms with Crippen molar-refractivity contribution in [3.63, 3.8) is 0 Å². The van der Waals surface area contributed by atoms with Crippen molar-refractivity contribution in [1.82, 2.24) is 29.9 Å². The molecule has 80 heavy (non-hydrogen) atoms. The first-order valence-corrected chi connectivity index (χ1v) is 27.2. The highest BCUT2D eigenvalue weighted by atomic mass is 15.2. The molecule has 2 aliphatic heterocycles. The number of anilines is 6. The van der Waals surface area contributed by atoms with Crippen molar-refractivity contribution in [3.05, 3.63) is 277 Å². The third-order valence-electron chi connectivity index (χ3n) is 16.0. The van der Waals surface area contributed by atoms with Crippen LogP contribution in [0.15, 0.2) is 255 Å². The van der Waals surface area contributed by atoms with Gasteiger partial charge in [-0.2, -0.15) is 0 Å². The Balaban J connectivity index is 0.919. The molecular weight excluding hydrogens is 977 g/mol. The van der Waals surface area contributed by atoms with Gasteiger partial charge in [0.1, 0.15) is 0 Å². The van der Waals surface area contributed by atoms with Gasteiger partial charge in [-0.15, -0.1) is 0 Å². The molecule has 14 rings (SSSR count). The summed E-state index contributed by atoms with van der Waals surface area (Å²) < 4.78 is 0. The first-order chi connectivity index (χ1) is 39.2. The topological polar surface area (TPSA) is 83.8 Å². The van der Waals surface area contributed by atoms with Crippen molar-refractivity contribution in [2.45, 2.75) is 38.5 Å². The lowest BCUT2D eigenvalue weighted by atomic mass is 9.70. The van der Waals surface area contributed by atoms with E-state index in [0.29, 0.717) is 34.9 Å². The molecule has 0 amide bonds. The van der Waals surface area contributed by atoms with Crippen LogP contribution in [0.4, 0.5) is 34.1 Å². The van der Waals surface area contributed by atoms with Gasteiger partial charge in [-0.05, 0) is 82.9 Å². The molecule has 0 unspecified atom stereocenters. The van der Waals surface area contributed by atoms with Gasteiger partial charge in [-0.3, -0.25) is 0 Å². The van der Waals surface area contributed by atoms with Crippen LogP contribution < -0.4 is 9.80 Å². The molecule has 4 heterocycles. The third kappa shape index (κ3) is 8.23. The van der Waals surface area contributed by atoms with Crippen molar-refractivity contribution in [1.29, 1.82) is 0 Å². The third-order valence-corrected chi connectivity index (χ3v) is 16.0. The Morgan fingerprint density at radius 3 is 0.787 bits per heavy atom. The van der Waals surface area contributed by atoms with E-state index in [9.17, 15) is 0 Å². The molecule has 2 aromatic heterocycles. The number of fused-ring (bicyclic) bond motifs is 4. The number of aromatic nitrogens is 6. The van der Waals surface area contributed by atoms with Gasteiger partial charge < -0.3 is 9.80 Å². The highest BCUT2D eigenvalue weighted by molar-refractivity contribution is 6.02. The standard InChI is InChI=1S/C72H54N8/c1-71(2)57-33-17-19-37-61(57)79(53-43-39-51(40-44-53)69-75-65(47-23-9-5-10-24-47)73-66(76-69)48-25-11-6-12-26-48)63-55(31-21-35-59(63)71)56-32-22-36-60-64(56)80(62-38-20-18-34-58(62)72(60,3)4)54-45-41-52(42-46-54)70-77-67(49-27-13-7-14-28-49)74-68(78-70)50-29-15-8-16-30-50/h5-46H,1-4H3. The average Bonchev–Trinajstić information content (AvgIpc) is 3.71. The maximum absolute atomic E-state index is 5.09. The molecule has 8 nitrogen and oxygen atoms in total. The van der Waals surface area contributed by atoms with Gasteiger partial charge in [-0.25, -0.2) is 29.9 Å². The van der Waals surface area contributed by atoms with Crippen molar-refractivity contribution in [3.8, 4) is 79.5 Å². The smallest absolute Gasteiger partial charge is 0.164 e. The SMILES string of the molecule is CC1(C)c2ccccc2N(c2ccc(-c3nc(-c4ccccc4)nc(-c4ccccc4)n3)cc2)c2c(-c3cccc4c3N(c3ccc(-c5nc(-c6ccccc6)nc(-c6ccccc6)n5)cc3)c3ccccc3C4(C)C)cccc21. The number of hydrogen-bond donors (Lipinski definition) is 0. The van der Waals surface area contributed by atoms with E-state index < -0.39 is 0 Å². The lowest BCUT2D eigenvalue weighted by Crippen LogP contribution is -2.32. The van der Waals surface area contributed by atoms with E-state index in [1.165, 1.54) is 22.3 Å². The molecule has 0 spiro atoms. The van der Waals surface area contributed by atoms with Gasteiger partial charge in [0.15, 0.2) is 34.9 Å².